The quantitative estimate of drug-likeness (QED) is 0.358. The van der Waals surface area contributed by atoms with E-state index in [1.165, 1.54) is 0 Å². The largest absolute Gasteiger partial charge is 0.409 e. The van der Waals surface area contributed by atoms with E-state index in [-0.39, 0.29) is 24.8 Å². The fraction of sp³-hybridized carbons (Fsp3) is 0.429. The highest BCUT2D eigenvalue weighted by molar-refractivity contribution is 5.97. The van der Waals surface area contributed by atoms with Gasteiger partial charge in [-0.25, -0.2) is 0 Å². The van der Waals surface area contributed by atoms with Crippen LogP contribution in [0, 0.1) is 0 Å². The van der Waals surface area contributed by atoms with Crippen LogP contribution >= 0.6 is 0 Å². The number of hydrogen-bond donors (Lipinski definition) is 2. The lowest BCUT2D eigenvalue weighted by Gasteiger charge is -2.29. The van der Waals surface area contributed by atoms with Gasteiger partial charge in [-0.1, -0.05) is 23.4 Å². The van der Waals surface area contributed by atoms with E-state index < -0.39 is 6.10 Å². The van der Waals surface area contributed by atoms with Gasteiger partial charge in [0.05, 0.1) is 19.8 Å². The molecule has 1 unspecified atom stereocenters. The number of ether oxygens (including phenoxy) is 2. The van der Waals surface area contributed by atoms with Crippen molar-refractivity contribution in [2.24, 2.45) is 10.9 Å². The number of oxime groups is 1. The Morgan fingerprint density at radius 1 is 1.38 bits per heavy atom. The first-order chi connectivity index (χ1) is 10.2. The van der Waals surface area contributed by atoms with Crippen molar-refractivity contribution in [3.63, 3.8) is 0 Å². The Labute approximate surface area is 122 Å². The molecule has 7 heteroatoms. The monoisotopic (exact) mass is 293 g/mol. The fourth-order valence-electron chi connectivity index (χ4n) is 2.05. The Kier molecular flexibility index (Phi) is 5.53. The molecule has 1 aromatic rings. The predicted octanol–water partition coefficient (Wildman–Crippen LogP) is 0.572. The van der Waals surface area contributed by atoms with Crippen molar-refractivity contribution in [1.29, 1.82) is 0 Å². The molecule has 3 N–H and O–H groups in total. The summed E-state index contributed by atoms with van der Waals surface area (Å²) in [5.74, 6) is -0.115. The average Bonchev–Trinajstić information content (AvgIpc) is 2.56. The number of anilines is 1. The van der Waals surface area contributed by atoms with E-state index in [0.29, 0.717) is 19.8 Å². The lowest BCUT2D eigenvalue weighted by molar-refractivity contribution is -0.144. The second kappa shape index (κ2) is 7.61. The number of hydrogen-bond acceptors (Lipinski definition) is 5. The lowest BCUT2D eigenvalue weighted by Crippen LogP contribution is -2.46. The molecule has 1 heterocycles. The second-order valence-electron chi connectivity index (χ2n) is 4.60. The van der Waals surface area contributed by atoms with E-state index in [4.69, 9.17) is 20.4 Å². The number of rotatable bonds is 5. The van der Waals surface area contributed by atoms with Crippen molar-refractivity contribution in [1.82, 2.24) is 0 Å². The molecule has 1 aliphatic rings. The number of carbonyl (C=O) groups is 1. The van der Waals surface area contributed by atoms with Gasteiger partial charge in [-0.3, -0.25) is 4.79 Å². The van der Waals surface area contributed by atoms with E-state index >= 15 is 0 Å². The molecule has 114 valence electrons. The Balaban J connectivity index is 2.12. The van der Waals surface area contributed by atoms with Crippen molar-refractivity contribution in [3.8, 4) is 0 Å². The zero-order valence-corrected chi connectivity index (χ0v) is 11.6. The zero-order valence-electron chi connectivity index (χ0n) is 11.6. The molecule has 0 aliphatic carbocycles. The molecule has 1 fully saturated rings. The summed E-state index contributed by atoms with van der Waals surface area (Å²) in [6.07, 6.45) is -0.351. The highest BCUT2D eigenvalue weighted by Gasteiger charge is 2.28. The minimum absolute atomic E-state index is 0.0737. The van der Waals surface area contributed by atoms with Crippen LogP contribution in [0.5, 0.6) is 0 Å². The van der Waals surface area contributed by atoms with Gasteiger partial charge >= 0.3 is 0 Å². The molecule has 21 heavy (non-hydrogen) atoms. The van der Waals surface area contributed by atoms with Gasteiger partial charge in [0.1, 0.15) is 5.84 Å². The molecule has 1 atom stereocenters. The van der Waals surface area contributed by atoms with Crippen LogP contribution in [-0.4, -0.2) is 49.4 Å². The summed E-state index contributed by atoms with van der Waals surface area (Å²) in [5, 5.41) is 11.5. The van der Waals surface area contributed by atoms with Crippen LogP contribution in [0.15, 0.2) is 35.5 Å². The van der Waals surface area contributed by atoms with Crippen LogP contribution in [0.4, 0.5) is 5.69 Å². The van der Waals surface area contributed by atoms with E-state index in [1.807, 2.05) is 30.3 Å². The maximum Gasteiger partial charge on any atom is 0.258 e. The Morgan fingerprint density at radius 2 is 2.14 bits per heavy atom. The van der Waals surface area contributed by atoms with Crippen LogP contribution in [0.2, 0.25) is 0 Å². The minimum Gasteiger partial charge on any atom is -0.409 e. The normalized spacial score (nSPS) is 19.2. The summed E-state index contributed by atoms with van der Waals surface area (Å²) in [4.78, 5) is 14.1. The average molecular weight is 293 g/mol. The molecular weight excluding hydrogens is 274 g/mol. The molecule has 1 saturated heterocycles. The standard InChI is InChI=1S/C14H19N3O4/c15-13(16-19)6-7-17(11-4-2-1-3-5-11)14(18)12-10-20-8-9-21-12/h1-5,12,19H,6-10H2,(H2,15,16). The summed E-state index contributed by atoms with van der Waals surface area (Å²) in [7, 11) is 0. The molecule has 0 bridgehead atoms. The van der Waals surface area contributed by atoms with Crippen molar-refractivity contribution in [3.05, 3.63) is 30.3 Å². The van der Waals surface area contributed by atoms with E-state index in [2.05, 4.69) is 5.16 Å². The molecule has 7 nitrogen and oxygen atoms in total. The Morgan fingerprint density at radius 3 is 2.76 bits per heavy atom. The van der Waals surface area contributed by atoms with Crippen molar-refractivity contribution in [2.45, 2.75) is 12.5 Å². The van der Waals surface area contributed by atoms with Crippen molar-refractivity contribution >= 4 is 17.4 Å². The number of nitrogens with two attached hydrogens (primary N) is 1. The predicted molar refractivity (Wildman–Crippen MR) is 77.4 cm³/mol. The van der Waals surface area contributed by atoms with Gasteiger partial charge in [-0.05, 0) is 12.1 Å². The van der Waals surface area contributed by atoms with E-state index in [1.54, 1.807) is 4.90 Å². The number of para-hydroxylation sites is 1. The highest BCUT2D eigenvalue weighted by Crippen LogP contribution is 2.17. The van der Waals surface area contributed by atoms with Gasteiger partial charge in [-0.15, -0.1) is 0 Å². The molecule has 1 aromatic carbocycles. The van der Waals surface area contributed by atoms with Gasteiger partial charge in [-0.2, -0.15) is 0 Å². The number of amides is 1. The van der Waals surface area contributed by atoms with Crippen LogP contribution in [0.1, 0.15) is 6.42 Å². The summed E-state index contributed by atoms with van der Waals surface area (Å²) >= 11 is 0. The molecule has 0 aromatic heterocycles. The Hall–Kier alpha value is -2.12. The van der Waals surface area contributed by atoms with E-state index in [0.717, 1.165) is 5.69 Å². The smallest absolute Gasteiger partial charge is 0.258 e. The summed E-state index contributed by atoms with van der Waals surface area (Å²) < 4.78 is 10.7. The lowest BCUT2D eigenvalue weighted by atomic mass is 10.2. The third-order valence-corrected chi connectivity index (χ3v) is 3.15. The highest BCUT2D eigenvalue weighted by atomic mass is 16.6. The molecule has 0 saturated carbocycles. The van der Waals surface area contributed by atoms with Gasteiger partial charge < -0.3 is 25.3 Å². The van der Waals surface area contributed by atoms with Gasteiger partial charge in [0.25, 0.3) is 5.91 Å². The van der Waals surface area contributed by atoms with Gasteiger partial charge in [0.15, 0.2) is 6.10 Å². The topological polar surface area (TPSA) is 97.4 Å². The van der Waals surface area contributed by atoms with Crippen LogP contribution in [0.25, 0.3) is 0 Å². The van der Waals surface area contributed by atoms with Gasteiger partial charge in [0, 0.05) is 18.7 Å². The molecule has 0 radical (unpaired) electrons. The molecule has 1 aliphatic heterocycles. The van der Waals surface area contributed by atoms with Crippen molar-refractivity contribution in [2.75, 3.05) is 31.3 Å². The number of benzene rings is 1. The number of amidine groups is 1. The summed E-state index contributed by atoms with van der Waals surface area (Å²) in [5.41, 5.74) is 6.22. The third kappa shape index (κ3) is 4.17. The maximum atomic E-state index is 12.6. The minimum atomic E-state index is -0.619. The number of carbonyl (C=O) groups excluding carboxylic acids is 1. The summed E-state index contributed by atoms with van der Waals surface area (Å²) in [6.45, 7) is 1.45. The van der Waals surface area contributed by atoms with Crippen LogP contribution in [0.3, 0.4) is 0 Å². The van der Waals surface area contributed by atoms with Crippen LogP contribution in [-0.2, 0) is 14.3 Å². The van der Waals surface area contributed by atoms with Crippen molar-refractivity contribution < 1.29 is 19.5 Å². The summed E-state index contributed by atoms with van der Waals surface area (Å²) in [6, 6.07) is 9.21. The zero-order chi connectivity index (χ0) is 15.1. The molecule has 1 amide bonds. The first-order valence-electron chi connectivity index (χ1n) is 6.74. The maximum absolute atomic E-state index is 12.6. The SMILES string of the molecule is NC(CCN(C(=O)C1COCCO1)c1ccccc1)=NO. The first-order valence-corrected chi connectivity index (χ1v) is 6.74. The second-order valence-corrected chi connectivity index (χ2v) is 4.60. The molecule has 0 spiro atoms. The first kappa shape index (κ1) is 15.3. The van der Waals surface area contributed by atoms with E-state index in [9.17, 15) is 4.79 Å². The van der Waals surface area contributed by atoms with Gasteiger partial charge in [0.2, 0.25) is 0 Å². The molecule has 2 rings (SSSR count). The number of nitrogens with zero attached hydrogens (tertiary/aromatic N) is 2. The van der Waals surface area contributed by atoms with Crippen LogP contribution < -0.4 is 10.6 Å². The molecular formula is C14H19N3O4. The Bertz CT molecular complexity index is 486. The third-order valence-electron chi connectivity index (χ3n) is 3.15. The fourth-order valence-corrected chi connectivity index (χ4v) is 2.05.